The van der Waals surface area contributed by atoms with E-state index < -0.39 is 0 Å². The van der Waals surface area contributed by atoms with Crippen LogP contribution < -0.4 is 4.90 Å². The Bertz CT molecular complexity index is 292. The zero-order valence-electron chi connectivity index (χ0n) is 10.6. The smallest absolute Gasteiger partial charge is 0.0363 e. The molecule has 16 heavy (non-hydrogen) atoms. The molecule has 0 atom stereocenters. The maximum Gasteiger partial charge on any atom is 0.0363 e. The molecule has 1 nitrogen and oxygen atoms in total. The summed E-state index contributed by atoms with van der Waals surface area (Å²) in [6, 6.07) is 8.92. The van der Waals surface area contributed by atoms with Crippen molar-refractivity contribution >= 4 is 18.3 Å². The standard InChI is InChI=1S/C14H23NS/c1-12(2)11-13-5-7-14(8-6-13)15(3)9-4-10-16/h5-8,12,16H,4,9-11H2,1-3H3. The zero-order valence-corrected chi connectivity index (χ0v) is 11.5. The summed E-state index contributed by atoms with van der Waals surface area (Å²) in [6.07, 6.45) is 2.30. The molecule has 0 saturated carbocycles. The number of hydrogen-bond donors (Lipinski definition) is 1. The number of nitrogens with zero attached hydrogens (tertiary/aromatic N) is 1. The quantitative estimate of drug-likeness (QED) is 0.739. The second-order valence-electron chi connectivity index (χ2n) is 4.76. The van der Waals surface area contributed by atoms with Crippen molar-refractivity contribution in [1.29, 1.82) is 0 Å². The zero-order chi connectivity index (χ0) is 12.0. The van der Waals surface area contributed by atoms with Gasteiger partial charge in [0.2, 0.25) is 0 Å². The Morgan fingerprint density at radius 3 is 2.31 bits per heavy atom. The van der Waals surface area contributed by atoms with Gasteiger partial charge in [-0.15, -0.1) is 0 Å². The first-order valence-electron chi connectivity index (χ1n) is 6.04. The monoisotopic (exact) mass is 237 g/mol. The predicted molar refractivity (Wildman–Crippen MR) is 76.7 cm³/mol. The highest BCUT2D eigenvalue weighted by Gasteiger charge is 2.01. The SMILES string of the molecule is CC(C)Cc1ccc(N(C)CCCS)cc1. The van der Waals surface area contributed by atoms with Crippen LogP contribution in [0.3, 0.4) is 0 Å². The van der Waals surface area contributed by atoms with E-state index >= 15 is 0 Å². The minimum Gasteiger partial charge on any atom is -0.375 e. The van der Waals surface area contributed by atoms with Crippen LogP contribution in [0.2, 0.25) is 0 Å². The third-order valence-corrected chi connectivity index (χ3v) is 2.99. The van der Waals surface area contributed by atoms with Crippen molar-refractivity contribution in [2.24, 2.45) is 5.92 Å². The first-order chi connectivity index (χ1) is 7.63. The number of rotatable bonds is 6. The molecule has 0 aliphatic rings. The molecule has 0 bridgehead atoms. The van der Waals surface area contributed by atoms with Crippen molar-refractivity contribution in [1.82, 2.24) is 0 Å². The van der Waals surface area contributed by atoms with Crippen LogP contribution >= 0.6 is 12.6 Å². The number of hydrogen-bond acceptors (Lipinski definition) is 2. The van der Waals surface area contributed by atoms with Gasteiger partial charge in [0, 0.05) is 19.3 Å². The molecule has 1 aromatic carbocycles. The van der Waals surface area contributed by atoms with Gasteiger partial charge in [-0.3, -0.25) is 0 Å². The second kappa shape index (κ2) is 6.85. The third-order valence-electron chi connectivity index (χ3n) is 2.67. The van der Waals surface area contributed by atoms with Crippen molar-refractivity contribution < 1.29 is 0 Å². The molecule has 0 saturated heterocycles. The molecule has 0 unspecified atom stereocenters. The Balaban J connectivity index is 2.56. The van der Waals surface area contributed by atoms with Crippen molar-refractivity contribution in [2.75, 3.05) is 24.2 Å². The van der Waals surface area contributed by atoms with Gasteiger partial charge in [-0.2, -0.15) is 12.6 Å². The van der Waals surface area contributed by atoms with Crippen molar-refractivity contribution in [3.05, 3.63) is 29.8 Å². The van der Waals surface area contributed by atoms with E-state index in [9.17, 15) is 0 Å². The molecule has 0 fully saturated rings. The summed E-state index contributed by atoms with van der Waals surface area (Å²) >= 11 is 4.23. The molecule has 0 heterocycles. The molecular weight excluding hydrogens is 214 g/mol. The maximum absolute atomic E-state index is 4.23. The van der Waals surface area contributed by atoms with Gasteiger partial charge in [0.25, 0.3) is 0 Å². The maximum atomic E-state index is 4.23. The van der Waals surface area contributed by atoms with E-state index in [0.717, 1.165) is 24.6 Å². The highest BCUT2D eigenvalue weighted by atomic mass is 32.1. The molecule has 0 amide bonds. The molecule has 1 aromatic rings. The Labute approximate surface area is 105 Å². The van der Waals surface area contributed by atoms with E-state index in [-0.39, 0.29) is 0 Å². The highest BCUT2D eigenvalue weighted by molar-refractivity contribution is 7.80. The van der Waals surface area contributed by atoms with Crippen LogP contribution in [0.5, 0.6) is 0 Å². The van der Waals surface area contributed by atoms with Gasteiger partial charge in [0.05, 0.1) is 0 Å². The summed E-state index contributed by atoms with van der Waals surface area (Å²) in [5.74, 6) is 1.68. The summed E-state index contributed by atoms with van der Waals surface area (Å²) in [5, 5.41) is 0. The lowest BCUT2D eigenvalue weighted by atomic mass is 10.0. The first-order valence-corrected chi connectivity index (χ1v) is 6.67. The Kier molecular flexibility index (Phi) is 5.75. The predicted octanol–water partition coefficient (Wildman–Crippen LogP) is 3.64. The third kappa shape index (κ3) is 4.48. The highest BCUT2D eigenvalue weighted by Crippen LogP contribution is 2.16. The van der Waals surface area contributed by atoms with Gasteiger partial charge in [-0.05, 0) is 42.2 Å². The van der Waals surface area contributed by atoms with Crippen LogP contribution in [0, 0.1) is 5.92 Å². The minimum atomic E-state index is 0.729. The van der Waals surface area contributed by atoms with E-state index in [4.69, 9.17) is 0 Å². The van der Waals surface area contributed by atoms with Crippen LogP contribution in [0.25, 0.3) is 0 Å². The van der Waals surface area contributed by atoms with Crippen LogP contribution in [-0.2, 0) is 6.42 Å². The fraction of sp³-hybridized carbons (Fsp3) is 0.571. The Morgan fingerprint density at radius 2 is 1.81 bits per heavy atom. The van der Waals surface area contributed by atoms with Gasteiger partial charge in [-0.25, -0.2) is 0 Å². The second-order valence-corrected chi connectivity index (χ2v) is 5.21. The average Bonchev–Trinajstić information content (AvgIpc) is 2.26. The van der Waals surface area contributed by atoms with E-state index in [2.05, 4.69) is 62.7 Å². The van der Waals surface area contributed by atoms with E-state index in [1.807, 2.05) is 0 Å². The van der Waals surface area contributed by atoms with Crippen LogP contribution in [0.15, 0.2) is 24.3 Å². The summed E-state index contributed by atoms with van der Waals surface area (Å²) < 4.78 is 0. The summed E-state index contributed by atoms with van der Waals surface area (Å²) in [5.41, 5.74) is 2.73. The fourth-order valence-corrected chi connectivity index (χ4v) is 1.94. The molecule has 0 N–H and O–H groups in total. The lowest BCUT2D eigenvalue weighted by Crippen LogP contribution is -2.18. The molecule has 0 aliphatic heterocycles. The lowest BCUT2D eigenvalue weighted by Gasteiger charge is -2.19. The van der Waals surface area contributed by atoms with Gasteiger partial charge < -0.3 is 4.90 Å². The van der Waals surface area contributed by atoms with Gasteiger partial charge in [0.1, 0.15) is 0 Å². The summed E-state index contributed by atoms with van der Waals surface area (Å²) in [6.45, 7) is 5.59. The minimum absolute atomic E-state index is 0.729. The Hall–Kier alpha value is -0.630. The molecule has 0 spiro atoms. The van der Waals surface area contributed by atoms with Crippen LogP contribution in [0.1, 0.15) is 25.8 Å². The topological polar surface area (TPSA) is 3.24 Å². The summed E-state index contributed by atoms with van der Waals surface area (Å²) in [7, 11) is 2.14. The Morgan fingerprint density at radius 1 is 1.19 bits per heavy atom. The van der Waals surface area contributed by atoms with E-state index in [1.165, 1.54) is 17.7 Å². The van der Waals surface area contributed by atoms with Crippen molar-refractivity contribution in [2.45, 2.75) is 26.7 Å². The molecule has 0 radical (unpaired) electrons. The van der Waals surface area contributed by atoms with E-state index in [1.54, 1.807) is 0 Å². The van der Waals surface area contributed by atoms with Crippen LogP contribution in [-0.4, -0.2) is 19.3 Å². The number of thiol groups is 1. The molecule has 0 aromatic heterocycles. The molecule has 2 heteroatoms. The van der Waals surface area contributed by atoms with Crippen LogP contribution in [0.4, 0.5) is 5.69 Å². The van der Waals surface area contributed by atoms with Gasteiger partial charge in [0.15, 0.2) is 0 Å². The molecule has 1 rings (SSSR count). The van der Waals surface area contributed by atoms with E-state index in [0.29, 0.717) is 0 Å². The molecular formula is C14H23NS. The summed E-state index contributed by atoms with van der Waals surface area (Å²) in [4.78, 5) is 2.29. The normalized spacial score (nSPS) is 10.8. The fourth-order valence-electron chi connectivity index (χ4n) is 1.79. The lowest BCUT2D eigenvalue weighted by molar-refractivity contribution is 0.647. The number of benzene rings is 1. The number of anilines is 1. The van der Waals surface area contributed by atoms with Crippen molar-refractivity contribution in [3.63, 3.8) is 0 Å². The van der Waals surface area contributed by atoms with Gasteiger partial charge in [-0.1, -0.05) is 26.0 Å². The van der Waals surface area contributed by atoms with Gasteiger partial charge >= 0.3 is 0 Å². The first kappa shape index (κ1) is 13.4. The average molecular weight is 237 g/mol. The molecule has 0 aliphatic carbocycles. The molecule has 90 valence electrons. The van der Waals surface area contributed by atoms with Crippen molar-refractivity contribution in [3.8, 4) is 0 Å². The largest absolute Gasteiger partial charge is 0.375 e.